The van der Waals surface area contributed by atoms with Crippen molar-refractivity contribution in [3.63, 3.8) is 0 Å². The maximum absolute atomic E-state index is 11.4. The number of halogens is 1. The summed E-state index contributed by atoms with van der Waals surface area (Å²) in [6.45, 7) is -0.613. The molecule has 0 saturated heterocycles. The van der Waals surface area contributed by atoms with Crippen LogP contribution in [0.25, 0.3) is 16.9 Å². The van der Waals surface area contributed by atoms with Crippen LogP contribution in [0.4, 0.5) is 5.69 Å². The summed E-state index contributed by atoms with van der Waals surface area (Å²) in [5.74, 6) is 0.199. The number of imidazole rings is 1. The number of carbonyl (C=O) groups excluding carboxylic acids is 1. The molecular formula is C23H27ClN4O4. The number of anilines is 1. The molecule has 2 aromatic heterocycles. The predicted octanol–water partition coefficient (Wildman–Crippen LogP) is 2.99. The summed E-state index contributed by atoms with van der Waals surface area (Å²) in [6.07, 6.45) is 7.48. The molecule has 1 aromatic carbocycles. The molecule has 0 spiro atoms. The Hall–Kier alpha value is -2.81. The molecule has 9 heteroatoms. The Labute approximate surface area is 191 Å². The predicted molar refractivity (Wildman–Crippen MR) is 123 cm³/mol. The zero-order valence-electron chi connectivity index (χ0n) is 17.8. The van der Waals surface area contributed by atoms with E-state index in [4.69, 9.17) is 26.4 Å². The molecule has 0 unspecified atom stereocenters. The fourth-order valence-electron chi connectivity index (χ4n) is 4.21. The highest BCUT2D eigenvalue weighted by Crippen LogP contribution is 2.34. The molecule has 1 aliphatic carbocycles. The maximum atomic E-state index is 11.4. The van der Waals surface area contributed by atoms with Gasteiger partial charge in [0.2, 0.25) is 5.91 Å². The normalized spacial score (nSPS) is 18.5. The second-order valence-electron chi connectivity index (χ2n) is 8.03. The van der Waals surface area contributed by atoms with Crippen LogP contribution in [0.5, 0.6) is 5.75 Å². The molecule has 32 heavy (non-hydrogen) atoms. The van der Waals surface area contributed by atoms with Gasteiger partial charge >= 0.3 is 0 Å². The van der Waals surface area contributed by atoms with Crippen molar-refractivity contribution in [2.45, 2.75) is 44.4 Å². The molecule has 2 heterocycles. The van der Waals surface area contributed by atoms with Gasteiger partial charge in [-0.2, -0.15) is 0 Å². The molecular weight excluding hydrogens is 432 g/mol. The first-order valence-corrected chi connectivity index (χ1v) is 11.0. The number of nitrogens with zero attached hydrogens (tertiary/aromatic N) is 2. The third kappa shape index (κ3) is 4.82. The number of hydrogen-bond donors (Lipinski definition) is 4. The van der Waals surface area contributed by atoms with Crippen LogP contribution in [0, 0.1) is 0 Å². The molecule has 0 atom stereocenters. The van der Waals surface area contributed by atoms with Gasteiger partial charge in [0.05, 0.1) is 24.4 Å². The van der Waals surface area contributed by atoms with Gasteiger partial charge < -0.3 is 30.0 Å². The summed E-state index contributed by atoms with van der Waals surface area (Å²) in [5.41, 5.74) is 3.94. The van der Waals surface area contributed by atoms with Gasteiger partial charge in [-0.25, -0.2) is 4.98 Å². The van der Waals surface area contributed by atoms with E-state index in [1.807, 2.05) is 28.9 Å². The lowest BCUT2D eigenvalue weighted by Gasteiger charge is -2.30. The molecule has 170 valence electrons. The van der Waals surface area contributed by atoms with Crippen molar-refractivity contribution in [2.24, 2.45) is 0 Å². The summed E-state index contributed by atoms with van der Waals surface area (Å²) in [6, 6.07) is 7.94. The molecule has 3 aromatic rings. The van der Waals surface area contributed by atoms with E-state index >= 15 is 0 Å². The summed E-state index contributed by atoms with van der Waals surface area (Å²) in [5, 5.41) is 25.6. The summed E-state index contributed by atoms with van der Waals surface area (Å²) >= 11 is 6.30. The van der Waals surface area contributed by atoms with Crippen molar-refractivity contribution in [2.75, 3.05) is 19.0 Å². The molecule has 1 fully saturated rings. The summed E-state index contributed by atoms with van der Waals surface area (Å²) in [7, 11) is 1.54. The van der Waals surface area contributed by atoms with Crippen molar-refractivity contribution >= 4 is 28.8 Å². The standard InChI is InChI=1S/C23H27ClN4O4/c1-32-21-8-14(12-29)18(10-19(21)24)20-11-28-7-6-17(9-22(28)27-20)25-15-2-4-16(5-3-15)26-23(31)13-30/h6-11,15-16,25,29-30H,2-5,12-13H2,1H3,(H,26,31). The number of fused-ring (bicyclic) bond motifs is 1. The number of aromatic nitrogens is 2. The number of methoxy groups -OCH3 is 1. The zero-order valence-corrected chi connectivity index (χ0v) is 18.6. The minimum Gasteiger partial charge on any atom is -0.495 e. The third-order valence-corrected chi connectivity index (χ3v) is 6.19. The van der Waals surface area contributed by atoms with Crippen molar-refractivity contribution < 1.29 is 19.7 Å². The summed E-state index contributed by atoms with van der Waals surface area (Å²) < 4.78 is 7.18. The average Bonchev–Trinajstić information content (AvgIpc) is 3.23. The number of benzene rings is 1. The van der Waals surface area contributed by atoms with Gasteiger partial charge in [0.15, 0.2) is 0 Å². The number of pyridine rings is 1. The molecule has 0 bridgehead atoms. The minimum atomic E-state index is -0.465. The topological polar surface area (TPSA) is 108 Å². The Balaban J connectivity index is 1.49. The van der Waals surface area contributed by atoms with Crippen molar-refractivity contribution in [3.05, 3.63) is 47.2 Å². The molecule has 1 aliphatic rings. The van der Waals surface area contributed by atoms with E-state index in [0.29, 0.717) is 22.4 Å². The Morgan fingerprint density at radius 3 is 2.66 bits per heavy atom. The van der Waals surface area contributed by atoms with Crippen molar-refractivity contribution in [3.8, 4) is 17.0 Å². The first-order chi connectivity index (χ1) is 15.5. The highest BCUT2D eigenvalue weighted by molar-refractivity contribution is 6.32. The largest absolute Gasteiger partial charge is 0.495 e. The molecule has 8 nitrogen and oxygen atoms in total. The van der Waals surface area contributed by atoms with Crippen LogP contribution in [-0.2, 0) is 11.4 Å². The number of nitrogens with one attached hydrogen (secondary N) is 2. The van der Waals surface area contributed by atoms with E-state index in [2.05, 4.69) is 10.6 Å². The Kier molecular flexibility index (Phi) is 6.83. The van der Waals surface area contributed by atoms with Crippen LogP contribution in [0.2, 0.25) is 5.02 Å². The molecule has 1 amide bonds. The molecule has 1 saturated carbocycles. The third-order valence-electron chi connectivity index (χ3n) is 5.89. The number of aliphatic hydroxyl groups excluding tert-OH is 2. The van der Waals surface area contributed by atoms with E-state index in [1.165, 1.54) is 0 Å². The second kappa shape index (κ2) is 9.77. The van der Waals surface area contributed by atoms with Gasteiger partial charge in [0.1, 0.15) is 18.0 Å². The Morgan fingerprint density at radius 1 is 1.22 bits per heavy atom. The summed E-state index contributed by atoms with van der Waals surface area (Å²) in [4.78, 5) is 16.1. The number of hydrogen-bond acceptors (Lipinski definition) is 6. The Morgan fingerprint density at radius 2 is 1.97 bits per heavy atom. The molecule has 0 aliphatic heterocycles. The van der Waals surface area contributed by atoms with Gasteiger partial charge in [0.25, 0.3) is 0 Å². The van der Waals surface area contributed by atoms with Crippen molar-refractivity contribution in [1.29, 1.82) is 0 Å². The van der Waals surface area contributed by atoms with Gasteiger partial charge in [-0.05, 0) is 49.4 Å². The van der Waals surface area contributed by atoms with Crippen LogP contribution in [0.1, 0.15) is 31.2 Å². The van der Waals surface area contributed by atoms with E-state index in [1.54, 1.807) is 19.2 Å². The van der Waals surface area contributed by atoms with Crippen LogP contribution in [-0.4, -0.2) is 51.3 Å². The number of amides is 1. The van der Waals surface area contributed by atoms with Crippen LogP contribution in [0.15, 0.2) is 36.7 Å². The lowest BCUT2D eigenvalue weighted by molar-refractivity contribution is -0.124. The maximum Gasteiger partial charge on any atom is 0.245 e. The highest BCUT2D eigenvalue weighted by Gasteiger charge is 2.22. The quantitative estimate of drug-likeness (QED) is 0.433. The molecule has 4 N–H and O–H groups in total. The lowest BCUT2D eigenvalue weighted by Crippen LogP contribution is -2.41. The first kappa shape index (κ1) is 22.4. The minimum absolute atomic E-state index is 0.127. The highest BCUT2D eigenvalue weighted by atomic mass is 35.5. The number of aliphatic hydroxyl groups is 2. The number of ether oxygens (including phenoxy) is 1. The smallest absolute Gasteiger partial charge is 0.245 e. The fourth-order valence-corrected chi connectivity index (χ4v) is 4.45. The van der Waals surface area contributed by atoms with Gasteiger partial charge in [-0.15, -0.1) is 0 Å². The molecule has 4 rings (SSSR count). The monoisotopic (exact) mass is 458 g/mol. The van der Waals surface area contributed by atoms with Crippen LogP contribution in [0.3, 0.4) is 0 Å². The zero-order chi connectivity index (χ0) is 22.7. The Bertz CT molecular complexity index is 1110. The first-order valence-electron chi connectivity index (χ1n) is 10.6. The van der Waals surface area contributed by atoms with E-state index in [9.17, 15) is 9.90 Å². The van der Waals surface area contributed by atoms with Gasteiger partial charge in [0, 0.05) is 41.8 Å². The molecule has 0 radical (unpaired) electrons. The fraction of sp³-hybridized carbons (Fsp3) is 0.391. The number of carbonyl (C=O) groups is 1. The van der Waals surface area contributed by atoms with Crippen LogP contribution >= 0.6 is 11.6 Å². The van der Waals surface area contributed by atoms with E-state index in [0.717, 1.165) is 48.3 Å². The lowest BCUT2D eigenvalue weighted by atomic mass is 9.91. The van der Waals surface area contributed by atoms with Crippen molar-refractivity contribution in [1.82, 2.24) is 14.7 Å². The van der Waals surface area contributed by atoms with Crippen LogP contribution < -0.4 is 15.4 Å². The van der Waals surface area contributed by atoms with E-state index in [-0.39, 0.29) is 18.6 Å². The average molecular weight is 459 g/mol. The second-order valence-corrected chi connectivity index (χ2v) is 8.43. The SMILES string of the molecule is COc1cc(CO)c(-c2cn3ccc(NC4CCC(NC(=O)CO)CC4)cc3n2)cc1Cl. The van der Waals surface area contributed by atoms with Gasteiger partial charge in [-0.1, -0.05) is 11.6 Å². The number of rotatable bonds is 7. The van der Waals surface area contributed by atoms with Gasteiger partial charge in [-0.3, -0.25) is 4.79 Å². The van der Waals surface area contributed by atoms with E-state index < -0.39 is 6.61 Å².